The van der Waals surface area contributed by atoms with Crippen LogP contribution >= 0.6 is 12.8 Å². The van der Waals surface area contributed by atoms with Crippen molar-refractivity contribution in [3.63, 3.8) is 0 Å². The molecule has 0 fully saturated rings. The maximum Gasteiger partial charge on any atom is 0.336 e. The lowest BCUT2D eigenvalue weighted by molar-refractivity contribution is 0.0693. The number of nitrogens with zero attached hydrogens (tertiary/aromatic N) is 2. The van der Waals surface area contributed by atoms with E-state index in [1.807, 2.05) is 6.92 Å². The van der Waals surface area contributed by atoms with Gasteiger partial charge in [-0.2, -0.15) is 0 Å². The van der Waals surface area contributed by atoms with Crippen LogP contribution in [0.3, 0.4) is 0 Å². The Hall–Kier alpha value is -2.15. The SMILES string of the molecule is CCOc1cccc(C(=O)O)c1COc1ccn(S)n1. The number of aromatic carboxylic acids is 1. The van der Waals surface area contributed by atoms with Gasteiger partial charge in [-0.3, -0.25) is 0 Å². The van der Waals surface area contributed by atoms with Crippen LogP contribution in [0.25, 0.3) is 0 Å². The first-order valence-electron chi connectivity index (χ1n) is 5.97. The Morgan fingerprint density at radius 2 is 2.20 bits per heavy atom. The van der Waals surface area contributed by atoms with Crippen LogP contribution in [0.2, 0.25) is 0 Å². The van der Waals surface area contributed by atoms with E-state index in [0.29, 0.717) is 23.8 Å². The van der Waals surface area contributed by atoms with Crippen molar-refractivity contribution in [3.8, 4) is 11.6 Å². The van der Waals surface area contributed by atoms with Crippen LogP contribution in [0.1, 0.15) is 22.8 Å². The summed E-state index contributed by atoms with van der Waals surface area (Å²) in [6.45, 7) is 2.34. The summed E-state index contributed by atoms with van der Waals surface area (Å²) < 4.78 is 12.2. The van der Waals surface area contributed by atoms with Crippen LogP contribution in [0.5, 0.6) is 11.6 Å². The zero-order valence-corrected chi connectivity index (χ0v) is 11.7. The van der Waals surface area contributed by atoms with Gasteiger partial charge in [0.05, 0.1) is 12.2 Å². The van der Waals surface area contributed by atoms with E-state index in [9.17, 15) is 9.90 Å². The molecular formula is C13H14N2O4S. The molecule has 2 rings (SSSR count). The summed E-state index contributed by atoms with van der Waals surface area (Å²) in [6, 6.07) is 6.50. The smallest absolute Gasteiger partial charge is 0.336 e. The van der Waals surface area contributed by atoms with Crippen molar-refractivity contribution in [2.45, 2.75) is 13.5 Å². The van der Waals surface area contributed by atoms with Gasteiger partial charge in [0.1, 0.15) is 12.4 Å². The third-order valence-corrected chi connectivity index (χ3v) is 2.80. The van der Waals surface area contributed by atoms with E-state index in [1.165, 1.54) is 10.2 Å². The van der Waals surface area contributed by atoms with Gasteiger partial charge in [-0.05, 0) is 31.9 Å². The van der Waals surface area contributed by atoms with E-state index in [1.54, 1.807) is 24.4 Å². The number of carboxylic acids is 1. The Labute approximate surface area is 121 Å². The zero-order chi connectivity index (χ0) is 14.5. The minimum absolute atomic E-state index is 0.0581. The highest BCUT2D eigenvalue weighted by Gasteiger charge is 2.16. The fraction of sp³-hybridized carbons (Fsp3) is 0.231. The Balaban J connectivity index is 2.25. The molecule has 1 aromatic carbocycles. The lowest BCUT2D eigenvalue weighted by Crippen LogP contribution is -2.09. The van der Waals surface area contributed by atoms with Gasteiger partial charge in [0.2, 0.25) is 5.88 Å². The monoisotopic (exact) mass is 294 g/mol. The molecular weight excluding hydrogens is 280 g/mol. The maximum atomic E-state index is 11.3. The van der Waals surface area contributed by atoms with E-state index in [2.05, 4.69) is 17.9 Å². The molecule has 7 heteroatoms. The third-order valence-electron chi connectivity index (χ3n) is 2.58. The lowest BCUT2D eigenvalue weighted by Gasteiger charge is -2.12. The topological polar surface area (TPSA) is 73.6 Å². The molecule has 0 saturated heterocycles. The van der Waals surface area contributed by atoms with Crippen LogP contribution in [0, 0.1) is 0 Å². The summed E-state index contributed by atoms with van der Waals surface area (Å²) >= 11 is 4.00. The molecule has 0 saturated carbocycles. The molecule has 0 atom stereocenters. The standard InChI is InChI=1S/C13H14N2O4S/c1-2-18-11-5-3-4-9(13(16)17)10(11)8-19-12-6-7-15(20)14-12/h3-7,20H,2,8H2,1H3,(H,16,17). The number of carboxylic acid groups (broad SMARTS) is 1. The quantitative estimate of drug-likeness (QED) is 0.799. The molecule has 0 aliphatic carbocycles. The summed E-state index contributed by atoms with van der Waals surface area (Å²) in [5.41, 5.74) is 0.636. The summed E-state index contributed by atoms with van der Waals surface area (Å²) in [4.78, 5) is 11.3. The highest BCUT2D eigenvalue weighted by molar-refractivity contribution is 7.78. The molecule has 0 aliphatic heterocycles. The second-order valence-corrected chi connectivity index (χ2v) is 4.29. The minimum atomic E-state index is -1.02. The Kier molecular flexibility index (Phi) is 4.52. The molecule has 0 amide bonds. The summed E-state index contributed by atoms with van der Waals surface area (Å²) in [5.74, 6) is -0.162. The minimum Gasteiger partial charge on any atom is -0.493 e. The molecule has 1 N–H and O–H groups in total. The van der Waals surface area contributed by atoms with Crippen LogP contribution < -0.4 is 9.47 Å². The van der Waals surface area contributed by atoms with Crippen molar-refractivity contribution in [1.29, 1.82) is 0 Å². The molecule has 0 bridgehead atoms. The van der Waals surface area contributed by atoms with Gasteiger partial charge in [0, 0.05) is 17.8 Å². The first-order valence-corrected chi connectivity index (χ1v) is 6.37. The van der Waals surface area contributed by atoms with Crippen molar-refractivity contribution >= 4 is 18.8 Å². The van der Waals surface area contributed by atoms with Crippen LogP contribution in [0.4, 0.5) is 0 Å². The number of hydrogen-bond acceptors (Lipinski definition) is 5. The lowest BCUT2D eigenvalue weighted by atomic mass is 10.1. The fourth-order valence-corrected chi connectivity index (χ4v) is 1.88. The molecule has 6 nitrogen and oxygen atoms in total. The van der Waals surface area contributed by atoms with Crippen molar-refractivity contribution in [2.24, 2.45) is 0 Å². The number of thiol groups is 1. The molecule has 0 unspecified atom stereocenters. The highest BCUT2D eigenvalue weighted by atomic mass is 32.1. The Morgan fingerprint density at radius 3 is 2.80 bits per heavy atom. The third kappa shape index (κ3) is 3.24. The molecule has 20 heavy (non-hydrogen) atoms. The molecule has 0 aliphatic rings. The predicted octanol–water partition coefficient (Wildman–Crippen LogP) is 2.25. The van der Waals surface area contributed by atoms with Gasteiger partial charge in [-0.15, -0.1) is 5.10 Å². The first kappa shape index (κ1) is 14.3. The fourth-order valence-electron chi connectivity index (χ4n) is 1.73. The molecule has 1 heterocycles. The predicted molar refractivity (Wildman–Crippen MR) is 75.5 cm³/mol. The second kappa shape index (κ2) is 6.33. The Morgan fingerprint density at radius 1 is 1.40 bits per heavy atom. The number of aromatic nitrogens is 2. The molecule has 0 spiro atoms. The van der Waals surface area contributed by atoms with Crippen molar-refractivity contribution in [1.82, 2.24) is 9.19 Å². The summed E-state index contributed by atoms with van der Waals surface area (Å²) in [7, 11) is 0. The number of rotatable bonds is 6. The van der Waals surface area contributed by atoms with Crippen LogP contribution in [-0.2, 0) is 6.61 Å². The average molecular weight is 294 g/mol. The van der Waals surface area contributed by atoms with Gasteiger partial charge < -0.3 is 14.6 Å². The average Bonchev–Trinajstić information content (AvgIpc) is 2.83. The van der Waals surface area contributed by atoms with E-state index >= 15 is 0 Å². The van der Waals surface area contributed by atoms with Crippen LogP contribution in [-0.4, -0.2) is 26.9 Å². The first-order chi connectivity index (χ1) is 9.61. The largest absolute Gasteiger partial charge is 0.493 e. The van der Waals surface area contributed by atoms with Crippen molar-refractivity contribution < 1.29 is 19.4 Å². The van der Waals surface area contributed by atoms with Gasteiger partial charge in [-0.1, -0.05) is 6.07 Å². The summed E-state index contributed by atoms with van der Waals surface area (Å²) in [6.07, 6.45) is 1.62. The van der Waals surface area contributed by atoms with Gasteiger partial charge >= 0.3 is 5.97 Å². The number of ether oxygens (including phenoxy) is 2. The van der Waals surface area contributed by atoms with E-state index < -0.39 is 5.97 Å². The second-order valence-electron chi connectivity index (χ2n) is 3.88. The van der Waals surface area contributed by atoms with E-state index in [4.69, 9.17) is 9.47 Å². The van der Waals surface area contributed by atoms with Gasteiger partial charge in [0.15, 0.2) is 0 Å². The van der Waals surface area contributed by atoms with Crippen LogP contribution in [0.15, 0.2) is 30.5 Å². The van der Waals surface area contributed by atoms with Gasteiger partial charge in [-0.25, -0.2) is 8.88 Å². The van der Waals surface area contributed by atoms with E-state index in [0.717, 1.165) is 0 Å². The van der Waals surface area contributed by atoms with E-state index in [-0.39, 0.29) is 12.2 Å². The van der Waals surface area contributed by atoms with Crippen molar-refractivity contribution in [3.05, 3.63) is 41.6 Å². The molecule has 1 aromatic heterocycles. The normalized spacial score (nSPS) is 10.3. The number of benzene rings is 1. The number of hydrogen-bond donors (Lipinski definition) is 2. The summed E-state index contributed by atoms with van der Waals surface area (Å²) in [5, 5.41) is 13.2. The number of carbonyl (C=O) groups is 1. The highest BCUT2D eigenvalue weighted by Crippen LogP contribution is 2.24. The molecule has 2 aromatic rings. The maximum absolute atomic E-state index is 11.3. The van der Waals surface area contributed by atoms with Crippen molar-refractivity contribution in [2.75, 3.05) is 6.61 Å². The Bertz CT molecular complexity index is 612. The van der Waals surface area contributed by atoms with Gasteiger partial charge in [0.25, 0.3) is 0 Å². The zero-order valence-electron chi connectivity index (χ0n) is 10.8. The molecule has 106 valence electrons. The molecule has 0 radical (unpaired) electrons.